The van der Waals surface area contributed by atoms with Crippen LogP contribution in [0.2, 0.25) is 0 Å². The summed E-state index contributed by atoms with van der Waals surface area (Å²) >= 11 is 0. The van der Waals surface area contributed by atoms with Crippen molar-refractivity contribution in [3.63, 3.8) is 0 Å². The number of nitrogens with zero attached hydrogens (tertiary/aromatic N) is 3. The molecule has 0 atom stereocenters. The van der Waals surface area contributed by atoms with Crippen LogP contribution in [0.5, 0.6) is 5.75 Å². The molecule has 2 rings (SSSR count). The molecule has 0 spiro atoms. The van der Waals surface area contributed by atoms with E-state index in [1.54, 1.807) is 6.07 Å². The average molecular weight is 321 g/mol. The highest BCUT2D eigenvalue weighted by molar-refractivity contribution is 5.49. The molecule has 0 amide bonds. The third-order valence-electron chi connectivity index (χ3n) is 3.73. The van der Waals surface area contributed by atoms with Gasteiger partial charge >= 0.3 is 0 Å². The highest BCUT2D eigenvalue weighted by Crippen LogP contribution is 2.23. The van der Waals surface area contributed by atoms with E-state index in [9.17, 15) is 0 Å². The van der Waals surface area contributed by atoms with Crippen molar-refractivity contribution in [1.29, 1.82) is 5.26 Å². The predicted octanol–water partition coefficient (Wildman–Crippen LogP) is 6.24. The second-order valence-electron chi connectivity index (χ2n) is 5.71. The summed E-state index contributed by atoms with van der Waals surface area (Å²) in [4.78, 5) is 0. The first kappa shape index (κ1) is 17.7. The summed E-state index contributed by atoms with van der Waals surface area (Å²) in [5.41, 5.74) is 3.00. The van der Waals surface area contributed by atoms with Crippen molar-refractivity contribution < 1.29 is 4.74 Å². The van der Waals surface area contributed by atoms with Crippen molar-refractivity contribution in [1.82, 2.24) is 0 Å². The number of aryl methyl sites for hydroxylation is 1. The molecular formula is C20H23N3O. The third kappa shape index (κ3) is 5.51. The van der Waals surface area contributed by atoms with Crippen LogP contribution in [0.25, 0.3) is 0 Å². The fourth-order valence-corrected chi connectivity index (χ4v) is 2.24. The van der Waals surface area contributed by atoms with Gasteiger partial charge in [0.2, 0.25) is 0 Å². The number of ether oxygens (including phenoxy) is 1. The lowest BCUT2D eigenvalue weighted by Crippen LogP contribution is -1.96. The minimum absolute atomic E-state index is 0.623. The van der Waals surface area contributed by atoms with Gasteiger partial charge in [0.05, 0.1) is 29.6 Å². The van der Waals surface area contributed by atoms with Crippen molar-refractivity contribution in [3.05, 3.63) is 53.6 Å². The number of benzene rings is 2. The second-order valence-corrected chi connectivity index (χ2v) is 5.71. The highest BCUT2D eigenvalue weighted by Gasteiger charge is 1.99. The van der Waals surface area contributed by atoms with Gasteiger partial charge in [-0.25, -0.2) is 0 Å². The van der Waals surface area contributed by atoms with Gasteiger partial charge in [-0.3, -0.25) is 0 Å². The van der Waals surface area contributed by atoms with Gasteiger partial charge in [-0.2, -0.15) is 15.5 Å². The van der Waals surface area contributed by atoms with Crippen LogP contribution in [0.1, 0.15) is 43.7 Å². The van der Waals surface area contributed by atoms with Crippen LogP contribution in [0.3, 0.4) is 0 Å². The second kappa shape index (κ2) is 9.46. The first-order chi connectivity index (χ1) is 11.7. The lowest BCUT2D eigenvalue weighted by atomic mass is 10.1. The van der Waals surface area contributed by atoms with Crippen LogP contribution >= 0.6 is 0 Å². The van der Waals surface area contributed by atoms with Crippen LogP contribution in [0, 0.1) is 18.3 Å². The Hall–Kier alpha value is -2.67. The van der Waals surface area contributed by atoms with Crippen LogP contribution in [0.4, 0.5) is 11.4 Å². The van der Waals surface area contributed by atoms with E-state index in [0.29, 0.717) is 11.3 Å². The smallest absolute Gasteiger partial charge is 0.119 e. The summed E-state index contributed by atoms with van der Waals surface area (Å²) in [5, 5.41) is 17.4. The summed E-state index contributed by atoms with van der Waals surface area (Å²) in [5.74, 6) is 0.854. The maximum atomic E-state index is 9.04. The number of unbranched alkanes of at least 4 members (excludes halogenated alkanes) is 3. The van der Waals surface area contributed by atoms with Crippen molar-refractivity contribution in [2.75, 3.05) is 6.61 Å². The average Bonchev–Trinajstić information content (AvgIpc) is 2.62. The molecule has 0 unspecified atom stereocenters. The topological polar surface area (TPSA) is 57.7 Å². The molecule has 0 aliphatic carbocycles. The van der Waals surface area contributed by atoms with E-state index in [1.807, 2.05) is 43.3 Å². The minimum atomic E-state index is 0.623. The Bertz CT molecular complexity index is 715. The Balaban J connectivity index is 1.90. The fourth-order valence-electron chi connectivity index (χ4n) is 2.24. The zero-order valence-electron chi connectivity index (χ0n) is 14.3. The first-order valence-electron chi connectivity index (χ1n) is 8.38. The Morgan fingerprint density at radius 1 is 0.958 bits per heavy atom. The monoisotopic (exact) mass is 321 g/mol. The molecule has 0 aromatic heterocycles. The Labute approximate surface area is 143 Å². The van der Waals surface area contributed by atoms with E-state index in [2.05, 4.69) is 23.2 Å². The molecule has 0 aliphatic heterocycles. The van der Waals surface area contributed by atoms with Gasteiger partial charge in [0, 0.05) is 0 Å². The van der Waals surface area contributed by atoms with Gasteiger partial charge in [-0.15, -0.1) is 0 Å². The maximum Gasteiger partial charge on any atom is 0.119 e. The summed E-state index contributed by atoms with van der Waals surface area (Å²) in [6.45, 7) is 4.85. The molecule has 0 bridgehead atoms. The molecule has 0 saturated heterocycles. The number of hydrogen-bond acceptors (Lipinski definition) is 4. The number of hydrogen-bond donors (Lipinski definition) is 0. The van der Waals surface area contributed by atoms with E-state index in [4.69, 9.17) is 10.00 Å². The van der Waals surface area contributed by atoms with Gasteiger partial charge in [0.1, 0.15) is 5.75 Å². The zero-order chi connectivity index (χ0) is 17.2. The van der Waals surface area contributed by atoms with Gasteiger partial charge in [-0.1, -0.05) is 32.3 Å². The van der Waals surface area contributed by atoms with Crippen molar-refractivity contribution in [2.24, 2.45) is 10.2 Å². The SMILES string of the molecule is CCCCCCOc1ccc(N=Nc2ccc(C)c(C#N)c2)cc1. The quantitative estimate of drug-likeness (QED) is 0.426. The Kier molecular flexibility index (Phi) is 6.97. The minimum Gasteiger partial charge on any atom is -0.494 e. The van der Waals surface area contributed by atoms with E-state index >= 15 is 0 Å². The molecular weight excluding hydrogens is 298 g/mol. The van der Waals surface area contributed by atoms with E-state index in [-0.39, 0.29) is 0 Å². The van der Waals surface area contributed by atoms with E-state index < -0.39 is 0 Å². The van der Waals surface area contributed by atoms with Crippen molar-refractivity contribution in [3.8, 4) is 11.8 Å². The molecule has 24 heavy (non-hydrogen) atoms. The van der Waals surface area contributed by atoms with Crippen LogP contribution < -0.4 is 4.74 Å². The number of azo groups is 1. The Morgan fingerprint density at radius 3 is 2.38 bits per heavy atom. The molecule has 0 radical (unpaired) electrons. The van der Waals surface area contributed by atoms with Crippen molar-refractivity contribution in [2.45, 2.75) is 39.5 Å². The molecule has 0 aliphatic rings. The van der Waals surface area contributed by atoms with Gasteiger partial charge in [-0.05, 0) is 55.3 Å². The normalized spacial score (nSPS) is 10.7. The molecule has 0 heterocycles. The summed E-state index contributed by atoms with van der Waals surface area (Å²) in [6, 6.07) is 15.2. The molecule has 2 aromatic rings. The zero-order valence-corrected chi connectivity index (χ0v) is 14.3. The first-order valence-corrected chi connectivity index (χ1v) is 8.38. The molecule has 4 nitrogen and oxygen atoms in total. The Morgan fingerprint density at radius 2 is 1.67 bits per heavy atom. The van der Waals surface area contributed by atoms with Gasteiger partial charge in [0.15, 0.2) is 0 Å². The number of nitriles is 1. The maximum absolute atomic E-state index is 9.04. The molecule has 4 heteroatoms. The van der Waals surface area contributed by atoms with Gasteiger partial charge in [0.25, 0.3) is 0 Å². The molecule has 0 saturated carbocycles. The van der Waals surface area contributed by atoms with Crippen LogP contribution in [-0.2, 0) is 0 Å². The lowest BCUT2D eigenvalue weighted by molar-refractivity contribution is 0.305. The van der Waals surface area contributed by atoms with Crippen LogP contribution in [0.15, 0.2) is 52.7 Å². The molecule has 124 valence electrons. The molecule has 2 aromatic carbocycles. The highest BCUT2D eigenvalue weighted by atomic mass is 16.5. The van der Waals surface area contributed by atoms with E-state index in [0.717, 1.165) is 30.0 Å². The van der Waals surface area contributed by atoms with E-state index in [1.165, 1.54) is 19.3 Å². The molecule has 0 fully saturated rings. The summed E-state index contributed by atoms with van der Waals surface area (Å²) in [6.07, 6.45) is 4.79. The third-order valence-corrected chi connectivity index (χ3v) is 3.73. The predicted molar refractivity (Wildman–Crippen MR) is 96.1 cm³/mol. The molecule has 0 N–H and O–H groups in total. The standard InChI is InChI=1S/C20H23N3O/c1-3-4-5-6-13-24-20-11-9-18(10-12-20)22-23-19-8-7-16(2)17(14-19)15-21/h7-12,14H,3-6,13H2,1-2H3. The van der Waals surface area contributed by atoms with Crippen molar-refractivity contribution >= 4 is 11.4 Å². The lowest BCUT2D eigenvalue weighted by Gasteiger charge is -2.05. The summed E-state index contributed by atoms with van der Waals surface area (Å²) < 4.78 is 5.71. The fraction of sp³-hybridized carbons (Fsp3) is 0.350. The largest absolute Gasteiger partial charge is 0.494 e. The van der Waals surface area contributed by atoms with Crippen LogP contribution in [-0.4, -0.2) is 6.61 Å². The van der Waals surface area contributed by atoms with Gasteiger partial charge < -0.3 is 4.74 Å². The number of rotatable bonds is 8. The summed E-state index contributed by atoms with van der Waals surface area (Å²) in [7, 11) is 0.